The lowest BCUT2D eigenvalue weighted by atomic mass is 9.75. The van der Waals surface area contributed by atoms with Crippen molar-refractivity contribution < 1.29 is 19.7 Å². The molecule has 0 aliphatic carbocycles. The van der Waals surface area contributed by atoms with E-state index >= 15 is 0 Å². The molecule has 2 aliphatic heterocycles. The highest BCUT2D eigenvalue weighted by Gasteiger charge is 2.41. The maximum Gasteiger partial charge on any atom is 0.0948 e. The number of hydrogen-bond donors (Lipinski definition) is 2. The molecule has 234 valence electrons. The van der Waals surface area contributed by atoms with Crippen molar-refractivity contribution in [3.63, 3.8) is 0 Å². The van der Waals surface area contributed by atoms with Crippen LogP contribution < -0.4 is 9.80 Å². The van der Waals surface area contributed by atoms with Gasteiger partial charge in [0.05, 0.1) is 38.6 Å². The minimum absolute atomic E-state index is 0.00936. The van der Waals surface area contributed by atoms with Crippen molar-refractivity contribution in [1.29, 1.82) is 0 Å². The average molecular weight is 581 g/mol. The molecule has 6 nitrogen and oxygen atoms in total. The number of aliphatic hydroxyl groups excluding tert-OH is 2. The third-order valence-electron chi connectivity index (χ3n) is 10.3. The number of fused-ring (bicyclic) bond motifs is 2. The molecule has 0 amide bonds. The van der Waals surface area contributed by atoms with Gasteiger partial charge in [-0.25, -0.2) is 0 Å². The molecular formula is C36H56N2O4. The maximum absolute atomic E-state index is 10.9. The summed E-state index contributed by atoms with van der Waals surface area (Å²) in [6.07, 6.45) is 5.33. The molecule has 0 fully saturated rings. The summed E-state index contributed by atoms with van der Waals surface area (Å²) in [7, 11) is 0. The zero-order valence-corrected chi connectivity index (χ0v) is 27.0. The van der Waals surface area contributed by atoms with Crippen molar-refractivity contribution >= 4 is 11.4 Å². The summed E-state index contributed by atoms with van der Waals surface area (Å²) in [5.41, 5.74) is 5.30. The highest BCUT2D eigenvalue weighted by molar-refractivity contribution is 5.61. The quantitative estimate of drug-likeness (QED) is 0.224. The zero-order chi connectivity index (χ0) is 30.3. The predicted octanol–water partition coefficient (Wildman–Crippen LogP) is 6.89. The van der Waals surface area contributed by atoms with E-state index in [4.69, 9.17) is 9.47 Å². The first-order valence-corrected chi connectivity index (χ1v) is 16.4. The van der Waals surface area contributed by atoms with Gasteiger partial charge in [-0.05, 0) is 87.5 Å². The Labute approximate surface area is 255 Å². The topological polar surface area (TPSA) is 65.4 Å². The lowest BCUT2D eigenvalue weighted by Crippen LogP contribution is -2.53. The first kappa shape index (κ1) is 32.8. The molecule has 6 heteroatoms. The summed E-state index contributed by atoms with van der Waals surface area (Å²) >= 11 is 0. The molecule has 6 unspecified atom stereocenters. The average Bonchev–Trinajstić information content (AvgIpc) is 3.01. The van der Waals surface area contributed by atoms with Crippen LogP contribution in [-0.4, -0.2) is 73.0 Å². The van der Waals surface area contributed by atoms with Crippen LogP contribution in [0, 0.1) is 0 Å². The van der Waals surface area contributed by atoms with Gasteiger partial charge in [-0.1, -0.05) is 64.1 Å². The van der Waals surface area contributed by atoms with Crippen LogP contribution in [0.25, 0.3) is 0 Å². The van der Waals surface area contributed by atoms with Crippen LogP contribution in [0.5, 0.6) is 0 Å². The first-order valence-electron chi connectivity index (χ1n) is 16.4. The second-order valence-corrected chi connectivity index (χ2v) is 13.1. The summed E-state index contributed by atoms with van der Waals surface area (Å²) in [6, 6.07) is 17.3. The SMILES string of the molecule is CCC1CC(C)(CC)N(CC(O)COCCOCC(O)CN2c3ccccc3C(CC)CC2(C)CC)c2ccccc21. The number of para-hydroxylation sites is 2. The minimum atomic E-state index is -0.592. The second-order valence-electron chi connectivity index (χ2n) is 13.1. The Bertz CT molecular complexity index is 1040. The molecule has 2 aromatic rings. The van der Waals surface area contributed by atoms with Crippen molar-refractivity contribution in [2.75, 3.05) is 49.3 Å². The molecule has 0 saturated heterocycles. The molecule has 4 rings (SSSR count). The highest BCUT2D eigenvalue weighted by atomic mass is 16.5. The summed E-state index contributed by atoms with van der Waals surface area (Å²) in [5, 5.41) is 21.9. The minimum Gasteiger partial charge on any atom is -0.389 e. The van der Waals surface area contributed by atoms with E-state index in [1.807, 2.05) is 0 Å². The standard InChI is InChI=1S/C36H56N2O4/c1-7-27-21-35(5,9-3)37(33-17-13-11-15-31(27)33)23-29(39)25-41-19-20-42-26-30(40)24-38-34-18-14-12-16-32(34)28(8-2)22-36(38,6)10-4/h11-18,27-30,39-40H,7-10,19-26H2,1-6H3. The number of ether oxygens (including phenoxy) is 2. The van der Waals surface area contributed by atoms with Crippen LogP contribution in [0.1, 0.15) is 103 Å². The Hall–Kier alpha value is -2.12. The maximum atomic E-state index is 10.9. The van der Waals surface area contributed by atoms with Crippen LogP contribution in [-0.2, 0) is 9.47 Å². The molecule has 0 spiro atoms. The highest BCUT2D eigenvalue weighted by Crippen LogP contribution is 2.47. The monoisotopic (exact) mass is 580 g/mol. The van der Waals surface area contributed by atoms with Gasteiger partial charge in [0.1, 0.15) is 0 Å². The van der Waals surface area contributed by atoms with Gasteiger partial charge in [0.2, 0.25) is 0 Å². The van der Waals surface area contributed by atoms with E-state index in [0.717, 1.165) is 38.5 Å². The number of benzene rings is 2. The van der Waals surface area contributed by atoms with Crippen LogP contribution >= 0.6 is 0 Å². The fourth-order valence-corrected chi connectivity index (χ4v) is 7.36. The third kappa shape index (κ3) is 7.15. The third-order valence-corrected chi connectivity index (χ3v) is 10.3. The van der Waals surface area contributed by atoms with E-state index in [-0.39, 0.29) is 24.3 Å². The fraction of sp³-hybridized carbons (Fsp3) is 0.667. The van der Waals surface area contributed by atoms with E-state index in [2.05, 4.69) is 99.9 Å². The molecular weight excluding hydrogens is 524 g/mol. The normalized spacial score (nSPS) is 27.0. The predicted molar refractivity (Wildman–Crippen MR) is 174 cm³/mol. The van der Waals surface area contributed by atoms with Gasteiger partial charge in [-0.3, -0.25) is 0 Å². The molecule has 2 N–H and O–H groups in total. The van der Waals surface area contributed by atoms with Gasteiger partial charge >= 0.3 is 0 Å². The van der Waals surface area contributed by atoms with Crippen molar-refractivity contribution in [3.8, 4) is 0 Å². The number of nitrogens with zero attached hydrogens (tertiary/aromatic N) is 2. The Morgan fingerprint density at radius 3 is 1.43 bits per heavy atom. The van der Waals surface area contributed by atoms with Gasteiger partial charge in [0.25, 0.3) is 0 Å². The summed E-state index contributed by atoms with van der Waals surface area (Å²) < 4.78 is 11.7. The van der Waals surface area contributed by atoms with Crippen molar-refractivity contribution in [3.05, 3.63) is 59.7 Å². The summed E-state index contributed by atoms with van der Waals surface area (Å²) in [5.74, 6) is 1.11. The van der Waals surface area contributed by atoms with Crippen LogP contribution in [0.15, 0.2) is 48.5 Å². The smallest absolute Gasteiger partial charge is 0.0948 e. The molecule has 6 atom stereocenters. The van der Waals surface area contributed by atoms with E-state index in [1.54, 1.807) is 0 Å². The van der Waals surface area contributed by atoms with E-state index < -0.39 is 12.2 Å². The zero-order valence-electron chi connectivity index (χ0n) is 27.0. The molecule has 42 heavy (non-hydrogen) atoms. The van der Waals surface area contributed by atoms with Gasteiger partial charge in [-0.15, -0.1) is 0 Å². The molecule has 0 bridgehead atoms. The fourth-order valence-electron chi connectivity index (χ4n) is 7.36. The Balaban J connectivity index is 1.23. The lowest BCUT2D eigenvalue weighted by molar-refractivity contribution is -0.0156. The number of hydrogen-bond acceptors (Lipinski definition) is 6. The number of anilines is 2. The van der Waals surface area contributed by atoms with E-state index in [9.17, 15) is 10.2 Å². The van der Waals surface area contributed by atoms with Crippen LogP contribution in [0.2, 0.25) is 0 Å². The van der Waals surface area contributed by atoms with Gasteiger partial charge < -0.3 is 29.5 Å². The lowest BCUT2D eigenvalue weighted by Gasteiger charge is -2.50. The van der Waals surface area contributed by atoms with Crippen LogP contribution in [0.3, 0.4) is 0 Å². The molecule has 0 saturated carbocycles. The van der Waals surface area contributed by atoms with E-state index in [1.165, 1.54) is 22.5 Å². The summed E-state index contributed by atoms with van der Waals surface area (Å²) in [6.45, 7) is 16.1. The molecule has 2 aromatic carbocycles. The Morgan fingerprint density at radius 1 is 0.690 bits per heavy atom. The van der Waals surface area contributed by atoms with Crippen LogP contribution in [0.4, 0.5) is 11.4 Å². The first-order chi connectivity index (χ1) is 20.2. The molecule has 2 aliphatic rings. The Morgan fingerprint density at radius 2 is 1.07 bits per heavy atom. The molecule has 0 aromatic heterocycles. The Kier molecular flexibility index (Phi) is 11.4. The summed E-state index contributed by atoms with van der Waals surface area (Å²) in [4.78, 5) is 4.81. The van der Waals surface area contributed by atoms with Gasteiger partial charge in [0, 0.05) is 35.5 Å². The number of rotatable bonds is 15. The molecule has 2 heterocycles. The van der Waals surface area contributed by atoms with Gasteiger partial charge in [-0.2, -0.15) is 0 Å². The number of aliphatic hydroxyl groups is 2. The van der Waals surface area contributed by atoms with Crippen molar-refractivity contribution in [2.24, 2.45) is 0 Å². The number of β-amino-alcohol motifs (C(OH)–C–C–N with tert-alkyl or cyclic N) is 2. The second kappa shape index (κ2) is 14.6. The van der Waals surface area contributed by atoms with Crippen molar-refractivity contribution in [2.45, 2.75) is 115 Å². The largest absolute Gasteiger partial charge is 0.389 e. The van der Waals surface area contributed by atoms with E-state index in [0.29, 0.717) is 38.1 Å². The van der Waals surface area contributed by atoms with Crippen molar-refractivity contribution in [1.82, 2.24) is 0 Å². The molecule has 0 radical (unpaired) electrons. The van der Waals surface area contributed by atoms with Gasteiger partial charge in [0.15, 0.2) is 0 Å².